The molecule has 78 valence electrons. The molecule has 2 fully saturated rings. The third-order valence-electron chi connectivity index (χ3n) is 3.41. The van der Waals surface area contributed by atoms with Crippen LogP contribution < -0.4 is 5.73 Å². The molecule has 0 aromatic rings. The molecule has 3 atom stereocenters. The highest BCUT2D eigenvalue weighted by Gasteiger charge is 2.50. The molecule has 2 amide bonds. The lowest BCUT2D eigenvalue weighted by atomic mass is 10.00. The van der Waals surface area contributed by atoms with E-state index in [0.717, 1.165) is 19.3 Å². The highest BCUT2D eigenvalue weighted by atomic mass is 16.2. The lowest BCUT2D eigenvalue weighted by Gasteiger charge is -2.22. The van der Waals surface area contributed by atoms with E-state index in [4.69, 9.17) is 5.73 Å². The van der Waals surface area contributed by atoms with Crippen molar-refractivity contribution >= 4 is 11.8 Å². The molecule has 1 aliphatic heterocycles. The first-order valence-corrected chi connectivity index (χ1v) is 5.23. The van der Waals surface area contributed by atoms with Crippen LogP contribution >= 0.6 is 0 Å². The number of hydrogen-bond acceptors (Lipinski definition) is 3. The smallest absolute Gasteiger partial charge is 0.233 e. The Morgan fingerprint density at radius 3 is 2.29 bits per heavy atom. The van der Waals surface area contributed by atoms with E-state index >= 15 is 0 Å². The number of carbonyl (C=O) groups is 2. The minimum atomic E-state index is -0.138. The second-order valence-corrected chi connectivity index (χ2v) is 4.28. The highest BCUT2D eigenvalue weighted by molar-refractivity contribution is 6.05. The van der Waals surface area contributed by atoms with Gasteiger partial charge in [0.15, 0.2) is 0 Å². The van der Waals surface area contributed by atoms with Gasteiger partial charge < -0.3 is 5.73 Å². The fraction of sp³-hybridized carbons (Fsp3) is 0.800. The number of likely N-dealkylation sites (tertiary alicyclic amines) is 1. The molecular weight excluding hydrogens is 180 g/mol. The number of carbonyl (C=O) groups excluding carboxylic acids is 2. The molecule has 1 saturated carbocycles. The van der Waals surface area contributed by atoms with Gasteiger partial charge in [0.05, 0.1) is 11.8 Å². The Balaban J connectivity index is 2.21. The van der Waals surface area contributed by atoms with E-state index in [2.05, 4.69) is 0 Å². The van der Waals surface area contributed by atoms with Crippen LogP contribution in [0.1, 0.15) is 26.2 Å². The molecule has 2 N–H and O–H groups in total. The van der Waals surface area contributed by atoms with Gasteiger partial charge in [0.25, 0.3) is 0 Å². The summed E-state index contributed by atoms with van der Waals surface area (Å²) in [6.07, 6.45) is 2.77. The third-order valence-corrected chi connectivity index (χ3v) is 3.41. The summed E-state index contributed by atoms with van der Waals surface area (Å²) in [7, 11) is 0. The largest absolute Gasteiger partial charge is 0.328 e. The first kappa shape index (κ1) is 9.65. The maximum absolute atomic E-state index is 11.8. The quantitative estimate of drug-likeness (QED) is 0.638. The minimum Gasteiger partial charge on any atom is -0.328 e. The topological polar surface area (TPSA) is 63.4 Å². The van der Waals surface area contributed by atoms with E-state index < -0.39 is 0 Å². The first-order chi connectivity index (χ1) is 6.66. The van der Waals surface area contributed by atoms with Gasteiger partial charge >= 0.3 is 0 Å². The molecule has 1 heterocycles. The lowest BCUT2D eigenvalue weighted by Crippen LogP contribution is -2.43. The van der Waals surface area contributed by atoms with E-state index in [1.165, 1.54) is 4.90 Å². The number of nitrogens with two attached hydrogens (primary N) is 1. The Hall–Kier alpha value is -0.900. The summed E-state index contributed by atoms with van der Waals surface area (Å²) >= 11 is 0. The van der Waals surface area contributed by atoms with Gasteiger partial charge in [-0.1, -0.05) is 6.42 Å². The first-order valence-electron chi connectivity index (χ1n) is 5.23. The number of fused-ring (bicyclic) bond motifs is 1. The Morgan fingerprint density at radius 2 is 1.86 bits per heavy atom. The highest BCUT2D eigenvalue weighted by Crippen LogP contribution is 2.40. The van der Waals surface area contributed by atoms with Crippen molar-refractivity contribution in [3.63, 3.8) is 0 Å². The molecule has 0 bridgehead atoms. The maximum Gasteiger partial charge on any atom is 0.233 e. The molecule has 2 aliphatic rings. The Kier molecular flexibility index (Phi) is 2.31. The fourth-order valence-corrected chi connectivity index (χ4v) is 2.56. The molecule has 2 rings (SSSR count). The average molecular weight is 196 g/mol. The number of rotatable bonds is 2. The second kappa shape index (κ2) is 3.35. The van der Waals surface area contributed by atoms with Crippen LogP contribution in [0, 0.1) is 11.8 Å². The monoisotopic (exact) mass is 196 g/mol. The van der Waals surface area contributed by atoms with Crippen molar-refractivity contribution in [3.8, 4) is 0 Å². The van der Waals surface area contributed by atoms with Crippen LogP contribution in [0.4, 0.5) is 0 Å². The number of amides is 2. The predicted octanol–water partition coefficient (Wildman–Crippen LogP) is 0.119. The molecule has 1 aliphatic carbocycles. The van der Waals surface area contributed by atoms with Gasteiger partial charge in [0.2, 0.25) is 11.8 Å². The summed E-state index contributed by atoms with van der Waals surface area (Å²) in [5, 5.41) is 0. The molecule has 0 aromatic carbocycles. The maximum atomic E-state index is 11.8. The molecule has 0 aromatic heterocycles. The van der Waals surface area contributed by atoms with Crippen LogP contribution in [-0.4, -0.2) is 29.3 Å². The van der Waals surface area contributed by atoms with E-state index in [1.54, 1.807) is 0 Å². The normalized spacial score (nSPS) is 33.7. The van der Waals surface area contributed by atoms with Crippen molar-refractivity contribution in [2.45, 2.75) is 32.2 Å². The van der Waals surface area contributed by atoms with Crippen molar-refractivity contribution < 1.29 is 9.59 Å². The molecule has 0 spiro atoms. The molecule has 4 heteroatoms. The summed E-state index contributed by atoms with van der Waals surface area (Å²) in [5.74, 6) is -0.0427. The number of hydrogen-bond donors (Lipinski definition) is 1. The third kappa shape index (κ3) is 1.17. The molecule has 14 heavy (non-hydrogen) atoms. The van der Waals surface area contributed by atoms with Crippen molar-refractivity contribution in [3.05, 3.63) is 0 Å². The van der Waals surface area contributed by atoms with E-state index in [0.29, 0.717) is 6.54 Å². The SMILES string of the molecule is CC(CN)N1C(=O)C2CCCC2C1=O. The number of imide groups is 1. The van der Waals surface area contributed by atoms with Gasteiger partial charge in [-0.3, -0.25) is 14.5 Å². The van der Waals surface area contributed by atoms with Gasteiger partial charge in [-0.25, -0.2) is 0 Å². The Bertz CT molecular complexity index is 255. The molecule has 1 saturated heterocycles. The molecule has 3 unspecified atom stereocenters. The summed E-state index contributed by atoms with van der Waals surface area (Å²) in [6.45, 7) is 2.19. The second-order valence-electron chi connectivity index (χ2n) is 4.28. The zero-order valence-electron chi connectivity index (χ0n) is 8.40. The zero-order chi connectivity index (χ0) is 10.3. The average Bonchev–Trinajstić information content (AvgIpc) is 2.72. The molecule has 0 radical (unpaired) electrons. The van der Waals surface area contributed by atoms with Crippen LogP contribution in [0.2, 0.25) is 0 Å². The van der Waals surface area contributed by atoms with Gasteiger partial charge in [0.1, 0.15) is 0 Å². The molecule has 4 nitrogen and oxygen atoms in total. The van der Waals surface area contributed by atoms with Gasteiger partial charge in [-0.15, -0.1) is 0 Å². The minimum absolute atomic E-state index is 0.00968. The van der Waals surface area contributed by atoms with Crippen LogP contribution in [0.5, 0.6) is 0 Å². The lowest BCUT2D eigenvalue weighted by molar-refractivity contribution is -0.142. The molecular formula is C10H16N2O2. The summed E-state index contributed by atoms with van der Waals surface area (Å²) in [6, 6.07) is -0.138. The summed E-state index contributed by atoms with van der Waals surface area (Å²) in [4.78, 5) is 25.1. The van der Waals surface area contributed by atoms with E-state index in [9.17, 15) is 9.59 Å². The standard InChI is InChI=1S/C10H16N2O2/c1-6(5-11)12-9(13)7-3-2-4-8(7)10(12)14/h6-8H,2-5,11H2,1H3. The van der Waals surface area contributed by atoms with Gasteiger partial charge in [0, 0.05) is 12.6 Å². The Morgan fingerprint density at radius 1 is 1.36 bits per heavy atom. The van der Waals surface area contributed by atoms with E-state index in [-0.39, 0.29) is 29.7 Å². The van der Waals surface area contributed by atoms with Gasteiger partial charge in [-0.2, -0.15) is 0 Å². The summed E-state index contributed by atoms with van der Waals surface area (Å²) < 4.78 is 0. The van der Waals surface area contributed by atoms with Crippen LogP contribution in [-0.2, 0) is 9.59 Å². The fourth-order valence-electron chi connectivity index (χ4n) is 2.56. The van der Waals surface area contributed by atoms with Crippen LogP contribution in [0.25, 0.3) is 0 Å². The zero-order valence-corrected chi connectivity index (χ0v) is 8.40. The van der Waals surface area contributed by atoms with E-state index in [1.807, 2.05) is 6.92 Å². The van der Waals surface area contributed by atoms with Crippen LogP contribution in [0.3, 0.4) is 0 Å². The van der Waals surface area contributed by atoms with Crippen LogP contribution in [0.15, 0.2) is 0 Å². The van der Waals surface area contributed by atoms with Crippen molar-refractivity contribution in [2.75, 3.05) is 6.54 Å². The summed E-state index contributed by atoms with van der Waals surface area (Å²) in [5.41, 5.74) is 5.48. The van der Waals surface area contributed by atoms with Crippen molar-refractivity contribution in [1.82, 2.24) is 4.90 Å². The van der Waals surface area contributed by atoms with Crippen molar-refractivity contribution in [1.29, 1.82) is 0 Å². The van der Waals surface area contributed by atoms with Crippen molar-refractivity contribution in [2.24, 2.45) is 17.6 Å². The van der Waals surface area contributed by atoms with Gasteiger partial charge in [-0.05, 0) is 19.8 Å². The predicted molar refractivity (Wildman–Crippen MR) is 51.2 cm³/mol. The number of nitrogens with zero attached hydrogens (tertiary/aromatic N) is 1. The Labute approximate surface area is 83.4 Å².